The summed E-state index contributed by atoms with van der Waals surface area (Å²) in [4.78, 5) is 11.4. The molecule has 0 aromatic heterocycles. The Kier molecular flexibility index (Phi) is 1.76. The number of carbonyl (C=O) groups is 1. The number of hydrogen-bond donors (Lipinski definition) is 2. The van der Waals surface area contributed by atoms with Gasteiger partial charge in [-0.2, -0.15) is 0 Å². The molecule has 0 spiro atoms. The van der Waals surface area contributed by atoms with Crippen LogP contribution < -0.4 is 5.32 Å². The highest BCUT2D eigenvalue weighted by atomic mass is 16.3. The van der Waals surface area contributed by atoms with Crippen LogP contribution in [0.2, 0.25) is 0 Å². The van der Waals surface area contributed by atoms with Crippen molar-refractivity contribution >= 4 is 11.6 Å². The summed E-state index contributed by atoms with van der Waals surface area (Å²) in [5.41, 5.74) is 4.44. The molecule has 1 heterocycles. The third kappa shape index (κ3) is 1.21. The van der Waals surface area contributed by atoms with Crippen LogP contribution in [-0.2, 0) is 16.8 Å². The third-order valence-corrected chi connectivity index (χ3v) is 3.73. The molecule has 1 aliphatic carbocycles. The molecule has 3 nitrogen and oxygen atoms in total. The van der Waals surface area contributed by atoms with Gasteiger partial charge in [0.05, 0.1) is 17.7 Å². The van der Waals surface area contributed by atoms with E-state index in [4.69, 9.17) is 0 Å². The van der Waals surface area contributed by atoms with E-state index in [1.54, 1.807) is 0 Å². The van der Waals surface area contributed by atoms with E-state index in [0.29, 0.717) is 6.42 Å². The molecule has 0 saturated heterocycles. The largest absolute Gasteiger partial charge is 0.385 e. The number of benzene rings is 1. The first kappa shape index (κ1) is 9.85. The molecule has 1 saturated carbocycles. The number of aliphatic hydroxyl groups is 1. The van der Waals surface area contributed by atoms with Crippen LogP contribution in [0, 0.1) is 13.8 Å². The fraction of sp³-hybridized carbons (Fsp3) is 0.462. The highest BCUT2D eigenvalue weighted by Crippen LogP contribution is 2.51. The lowest BCUT2D eigenvalue weighted by atomic mass is 9.92. The molecule has 1 fully saturated rings. The van der Waals surface area contributed by atoms with Crippen LogP contribution in [-0.4, -0.2) is 11.0 Å². The van der Waals surface area contributed by atoms with Crippen molar-refractivity contribution in [2.45, 2.75) is 38.7 Å². The number of aryl methyl sites for hydroxylation is 1. The van der Waals surface area contributed by atoms with Gasteiger partial charge in [0, 0.05) is 5.56 Å². The maximum absolute atomic E-state index is 11.4. The second kappa shape index (κ2) is 2.86. The van der Waals surface area contributed by atoms with Gasteiger partial charge in [-0.05, 0) is 43.4 Å². The number of rotatable bonds is 1. The summed E-state index contributed by atoms with van der Waals surface area (Å²) in [6.45, 7) is 4.05. The molecular weight excluding hydrogens is 202 g/mol. The molecule has 0 radical (unpaired) electrons. The van der Waals surface area contributed by atoms with Crippen molar-refractivity contribution in [3.63, 3.8) is 0 Å². The average molecular weight is 217 g/mol. The normalized spacial score (nSPS) is 20.6. The molecule has 0 atom stereocenters. The number of nitrogens with one attached hydrogen (secondary N) is 1. The smallest absolute Gasteiger partial charge is 0.228 e. The first-order valence-electron chi connectivity index (χ1n) is 5.67. The molecule has 0 bridgehead atoms. The summed E-state index contributed by atoms with van der Waals surface area (Å²) in [5, 5.41) is 13.2. The predicted octanol–water partition coefficient (Wildman–Crippen LogP) is 1.78. The number of anilines is 1. The van der Waals surface area contributed by atoms with Gasteiger partial charge in [-0.15, -0.1) is 0 Å². The fourth-order valence-electron chi connectivity index (χ4n) is 2.58. The van der Waals surface area contributed by atoms with Crippen LogP contribution in [0.5, 0.6) is 0 Å². The Morgan fingerprint density at radius 2 is 2.06 bits per heavy atom. The Bertz CT molecular complexity index is 501. The van der Waals surface area contributed by atoms with Crippen molar-refractivity contribution in [1.29, 1.82) is 0 Å². The second-order valence-electron chi connectivity index (χ2n) is 4.98. The van der Waals surface area contributed by atoms with E-state index >= 15 is 0 Å². The van der Waals surface area contributed by atoms with Gasteiger partial charge in [-0.1, -0.05) is 6.07 Å². The van der Waals surface area contributed by atoms with Crippen molar-refractivity contribution < 1.29 is 9.90 Å². The minimum absolute atomic E-state index is 0.0329. The maximum Gasteiger partial charge on any atom is 0.228 e. The zero-order valence-electron chi connectivity index (χ0n) is 9.55. The fourth-order valence-corrected chi connectivity index (χ4v) is 2.58. The van der Waals surface area contributed by atoms with Gasteiger partial charge in [0.2, 0.25) is 5.91 Å². The summed E-state index contributed by atoms with van der Waals surface area (Å²) in [7, 11) is 0. The first-order valence-corrected chi connectivity index (χ1v) is 5.67. The number of hydrogen-bond acceptors (Lipinski definition) is 2. The van der Waals surface area contributed by atoms with Crippen molar-refractivity contribution in [3.05, 3.63) is 28.3 Å². The Morgan fingerprint density at radius 1 is 1.38 bits per heavy atom. The molecule has 2 N–H and O–H groups in total. The van der Waals surface area contributed by atoms with Gasteiger partial charge >= 0.3 is 0 Å². The monoisotopic (exact) mass is 217 g/mol. The van der Waals surface area contributed by atoms with Gasteiger partial charge in [-0.25, -0.2) is 0 Å². The predicted molar refractivity (Wildman–Crippen MR) is 61.4 cm³/mol. The van der Waals surface area contributed by atoms with Crippen LogP contribution in [0.25, 0.3) is 0 Å². The molecular formula is C13H15NO2. The molecule has 16 heavy (non-hydrogen) atoms. The maximum atomic E-state index is 11.4. The van der Waals surface area contributed by atoms with E-state index in [1.807, 2.05) is 13.8 Å². The summed E-state index contributed by atoms with van der Waals surface area (Å²) < 4.78 is 0. The zero-order chi connectivity index (χ0) is 11.5. The SMILES string of the molecule is Cc1cc2c(c(C3(O)CC3)c1C)NC(=O)C2. The lowest BCUT2D eigenvalue weighted by Gasteiger charge is -2.18. The van der Waals surface area contributed by atoms with E-state index in [2.05, 4.69) is 11.4 Å². The van der Waals surface area contributed by atoms with Gasteiger partial charge < -0.3 is 10.4 Å². The van der Waals surface area contributed by atoms with E-state index in [9.17, 15) is 9.90 Å². The van der Waals surface area contributed by atoms with Gasteiger partial charge in [-0.3, -0.25) is 4.79 Å². The molecule has 1 aromatic rings. The van der Waals surface area contributed by atoms with E-state index in [-0.39, 0.29) is 5.91 Å². The third-order valence-electron chi connectivity index (χ3n) is 3.73. The molecule has 1 aromatic carbocycles. The van der Waals surface area contributed by atoms with Crippen LogP contribution in [0.4, 0.5) is 5.69 Å². The molecule has 2 aliphatic rings. The molecule has 0 unspecified atom stereocenters. The van der Waals surface area contributed by atoms with E-state index in [0.717, 1.165) is 40.8 Å². The van der Waals surface area contributed by atoms with Gasteiger partial charge in [0.1, 0.15) is 0 Å². The Morgan fingerprint density at radius 3 is 2.69 bits per heavy atom. The van der Waals surface area contributed by atoms with Crippen molar-refractivity contribution in [3.8, 4) is 0 Å². The van der Waals surface area contributed by atoms with Crippen LogP contribution in [0.3, 0.4) is 0 Å². The van der Waals surface area contributed by atoms with Crippen molar-refractivity contribution in [1.82, 2.24) is 0 Å². The molecule has 3 heteroatoms. The Balaban J connectivity index is 2.26. The summed E-state index contributed by atoms with van der Waals surface area (Å²) in [6.07, 6.45) is 2.05. The highest BCUT2D eigenvalue weighted by Gasteiger charge is 2.46. The number of carbonyl (C=O) groups excluding carboxylic acids is 1. The topological polar surface area (TPSA) is 49.3 Å². The molecule has 1 aliphatic heterocycles. The summed E-state index contributed by atoms with van der Waals surface area (Å²) >= 11 is 0. The average Bonchev–Trinajstić information content (AvgIpc) is 2.82. The van der Waals surface area contributed by atoms with Crippen LogP contribution >= 0.6 is 0 Å². The standard InChI is InChI=1S/C13H15NO2/c1-7-5-9-6-10(15)14-12(9)11(8(7)2)13(16)3-4-13/h5,16H,3-4,6H2,1-2H3,(H,14,15). The molecule has 1 amide bonds. The van der Waals surface area contributed by atoms with Crippen molar-refractivity contribution in [2.75, 3.05) is 5.32 Å². The lowest BCUT2D eigenvalue weighted by Crippen LogP contribution is -2.12. The quantitative estimate of drug-likeness (QED) is 0.753. The highest BCUT2D eigenvalue weighted by molar-refractivity contribution is 6.00. The minimum atomic E-state index is -0.683. The first-order chi connectivity index (χ1) is 7.51. The number of amides is 1. The molecule has 3 rings (SSSR count). The lowest BCUT2D eigenvalue weighted by molar-refractivity contribution is -0.115. The van der Waals surface area contributed by atoms with E-state index < -0.39 is 5.60 Å². The number of fused-ring (bicyclic) bond motifs is 1. The second-order valence-corrected chi connectivity index (χ2v) is 4.98. The molecule has 84 valence electrons. The Hall–Kier alpha value is -1.35. The summed E-state index contributed by atoms with van der Waals surface area (Å²) in [5.74, 6) is 0.0329. The van der Waals surface area contributed by atoms with Crippen LogP contribution in [0.15, 0.2) is 6.07 Å². The van der Waals surface area contributed by atoms with Crippen molar-refractivity contribution in [2.24, 2.45) is 0 Å². The minimum Gasteiger partial charge on any atom is -0.385 e. The van der Waals surface area contributed by atoms with Gasteiger partial charge in [0.25, 0.3) is 0 Å². The zero-order valence-corrected chi connectivity index (χ0v) is 9.55. The summed E-state index contributed by atoms with van der Waals surface area (Å²) in [6, 6.07) is 2.05. The Labute approximate surface area is 94.5 Å². The van der Waals surface area contributed by atoms with Crippen LogP contribution in [0.1, 0.15) is 35.1 Å². The van der Waals surface area contributed by atoms with E-state index in [1.165, 1.54) is 0 Å². The van der Waals surface area contributed by atoms with Gasteiger partial charge in [0.15, 0.2) is 0 Å².